The molecule has 0 aliphatic heterocycles. The number of hydrogen-bond acceptors (Lipinski definition) is 3. The molecule has 5 heteroatoms. The van der Waals surface area contributed by atoms with Crippen LogP contribution in [0.5, 0.6) is 0 Å². The Hall–Kier alpha value is -1.39. The van der Waals surface area contributed by atoms with Crippen molar-refractivity contribution in [3.63, 3.8) is 0 Å². The van der Waals surface area contributed by atoms with Gasteiger partial charge in [0.05, 0.1) is 0 Å². The molecule has 2 N–H and O–H groups in total. The Bertz CT molecular complexity index is 300. The summed E-state index contributed by atoms with van der Waals surface area (Å²) in [5.41, 5.74) is 3.28. The van der Waals surface area contributed by atoms with Crippen molar-refractivity contribution < 1.29 is 9.59 Å². The minimum absolute atomic E-state index is 0.211. The first kappa shape index (κ1) is 10.1. The number of carbonyl (C=O) groups excluding carboxylic acids is 2. The summed E-state index contributed by atoms with van der Waals surface area (Å²) in [6.45, 7) is 0. The first-order chi connectivity index (χ1) is 7.25. The molecule has 2 aliphatic rings. The standard InChI is InChI=1S/C10H15N3O2/c14-9(11-7-5-6-7)10(15)13-12-8-3-1-2-4-8/h7H,1-6H2,(H,11,14)(H,13,15). The Morgan fingerprint density at radius 3 is 2.40 bits per heavy atom. The van der Waals surface area contributed by atoms with E-state index < -0.39 is 11.8 Å². The third kappa shape index (κ3) is 3.04. The van der Waals surface area contributed by atoms with E-state index in [0.717, 1.165) is 44.2 Å². The van der Waals surface area contributed by atoms with Gasteiger partial charge in [-0.1, -0.05) is 0 Å². The van der Waals surface area contributed by atoms with Gasteiger partial charge in [0.25, 0.3) is 0 Å². The zero-order chi connectivity index (χ0) is 10.7. The Morgan fingerprint density at radius 2 is 1.80 bits per heavy atom. The maximum Gasteiger partial charge on any atom is 0.329 e. The predicted octanol–water partition coefficient (Wildman–Crippen LogP) is 0.311. The monoisotopic (exact) mass is 209 g/mol. The van der Waals surface area contributed by atoms with Crippen molar-refractivity contribution in [1.29, 1.82) is 0 Å². The van der Waals surface area contributed by atoms with Gasteiger partial charge in [-0.25, -0.2) is 5.43 Å². The predicted molar refractivity (Wildman–Crippen MR) is 55.2 cm³/mol. The van der Waals surface area contributed by atoms with Crippen LogP contribution in [0.3, 0.4) is 0 Å². The molecule has 0 unspecified atom stereocenters. The van der Waals surface area contributed by atoms with Crippen LogP contribution in [0, 0.1) is 0 Å². The lowest BCUT2D eigenvalue weighted by molar-refractivity contribution is -0.139. The molecule has 0 aromatic rings. The molecular weight excluding hydrogens is 194 g/mol. The van der Waals surface area contributed by atoms with Crippen molar-refractivity contribution in [2.75, 3.05) is 0 Å². The lowest BCUT2D eigenvalue weighted by Crippen LogP contribution is -2.39. The molecule has 0 bridgehead atoms. The van der Waals surface area contributed by atoms with Crippen molar-refractivity contribution in [2.24, 2.45) is 5.10 Å². The lowest BCUT2D eigenvalue weighted by Gasteiger charge is -2.01. The van der Waals surface area contributed by atoms with Crippen LogP contribution in [0.25, 0.3) is 0 Å². The van der Waals surface area contributed by atoms with Crippen molar-refractivity contribution in [1.82, 2.24) is 10.7 Å². The molecule has 2 amide bonds. The number of amides is 2. The molecule has 0 aromatic heterocycles. The second kappa shape index (κ2) is 4.42. The van der Waals surface area contributed by atoms with Crippen LogP contribution in [-0.2, 0) is 9.59 Å². The van der Waals surface area contributed by atoms with E-state index in [0.29, 0.717) is 0 Å². The first-order valence-electron chi connectivity index (χ1n) is 5.42. The second-order valence-corrected chi connectivity index (χ2v) is 4.07. The third-order valence-electron chi connectivity index (χ3n) is 2.62. The first-order valence-corrected chi connectivity index (χ1v) is 5.42. The SMILES string of the molecule is O=C(NN=C1CCCC1)C(=O)NC1CC1. The Kier molecular flexibility index (Phi) is 2.99. The van der Waals surface area contributed by atoms with Gasteiger partial charge in [-0.15, -0.1) is 0 Å². The maximum atomic E-state index is 11.2. The smallest absolute Gasteiger partial charge is 0.329 e. The number of nitrogens with one attached hydrogen (secondary N) is 2. The molecule has 2 aliphatic carbocycles. The Labute approximate surface area is 88.3 Å². The van der Waals surface area contributed by atoms with E-state index in [-0.39, 0.29) is 6.04 Å². The minimum atomic E-state index is -0.652. The number of rotatable bonds is 2. The quantitative estimate of drug-likeness (QED) is 0.507. The summed E-state index contributed by atoms with van der Waals surface area (Å²) in [5.74, 6) is -1.22. The molecule has 0 aromatic carbocycles. The Balaban J connectivity index is 1.75. The van der Waals surface area contributed by atoms with Gasteiger partial charge in [-0.2, -0.15) is 5.10 Å². The van der Waals surface area contributed by atoms with E-state index in [1.807, 2.05) is 0 Å². The fourth-order valence-electron chi connectivity index (χ4n) is 1.55. The largest absolute Gasteiger partial charge is 0.345 e. The summed E-state index contributed by atoms with van der Waals surface area (Å²) in [5, 5.41) is 6.54. The fraction of sp³-hybridized carbons (Fsp3) is 0.700. The number of hydrazone groups is 1. The third-order valence-corrected chi connectivity index (χ3v) is 2.62. The summed E-state index contributed by atoms with van der Waals surface area (Å²) >= 11 is 0. The number of nitrogens with zero attached hydrogens (tertiary/aromatic N) is 1. The summed E-state index contributed by atoms with van der Waals surface area (Å²) in [7, 11) is 0. The van der Waals surface area contributed by atoms with E-state index in [2.05, 4.69) is 15.8 Å². The van der Waals surface area contributed by atoms with Crippen LogP contribution in [-0.4, -0.2) is 23.6 Å². The van der Waals surface area contributed by atoms with Crippen molar-refractivity contribution in [3.8, 4) is 0 Å². The second-order valence-electron chi connectivity index (χ2n) is 4.07. The molecule has 2 rings (SSSR count). The normalized spacial score (nSPS) is 19.9. The van der Waals surface area contributed by atoms with Crippen molar-refractivity contribution >= 4 is 17.5 Å². The molecule has 15 heavy (non-hydrogen) atoms. The molecule has 5 nitrogen and oxygen atoms in total. The van der Waals surface area contributed by atoms with Crippen LogP contribution in [0.1, 0.15) is 38.5 Å². The van der Waals surface area contributed by atoms with Crippen LogP contribution in [0.15, 0.2) is 5.10 Å². The molecule has 0 radical (unpaired) electrons. The van der Waals surface area contributed by atoms with E-state index in [9.17, 15) is 9.59 Å². The van der Waals surface area contributed by atoms with Crippen LogP contribution in [0.2, 0.25) is 0 Å². The van der Waals surface area contributed by atoms with Gasteiger partial charge >= 0.3 is 11.8 Å². The molecule has 0 heterocycles. The minimum Gasteiger partial charge on any atom is -0.345 e. The van der Waals surface area contributed by atoms with Gasteiger partial charge in [0.15, 0.2) is 0 Å². The van der Waals surface area contributed by atoms with Crippen LogP contribution in [0.4, 0.5) is 0 Å². The molecule has 0 spiro atoms. The van der Waals surface area contributed by atoms with E-state index >= 15 is 0 Å². The summed E-state index contributed by atoms with van der Waals surface area (Å²) in [4.78, 5) is 22.4. The molecule has 0 atom stereocenters. The van der Waals surface area contributed by atoms with E-state index in [4.69, 9.17) is 0 Å². The molecule has 0 saturated heterocycles. The van der Waals surface area contributed by atoms with Gasteiger partial charge in [-0.05, 0) is 38.5 Å². The molecular formula is C10H15N3O2. The highest BCUT2D eigenvalue weighted by molar-refractivity contribution is 6.35. The van der Waals surface area contributed by atoms with Gasteiger partial charge in [0.1, 0.15) is 0 Å². The topological polar surface area (TPSA) is 70.6 Å². The zero-order valence-electron chi connectivity index (χ0n) is 8.58. The van der Waals surface area contributed by atoms with Gasteiger partial charge in [0.2, 0.25) is 0 Å². The number of hydrogen-bond donors (Lipinski definition) is 2. The summed E-state index contributed by atoms with van der Waals surface area (Å²) < 4.78 is 0. The van der Waals surface area contributed by atoms with Crippen LogP contribution >= 0.6 is 0 Å². The average Bonchev–Trinajstić information content (AvgIpc) is 2.88. The number of carbonyl (C=O) groups is 2. The summed E-state index contributed by atoms with van der Waals surface area (Å²) in [6, 6.07) is 0.211. The highest BCUT2D eigenvalue weighted by Gasteiger charge is 2.26. The van der Waals surface area contributed by atoms with E-state index in [1.165, 1.54) is 0 Å². The van der Waals surface area contributed by atoms with Crippen molar-refractivity contribution in [2.45, 2.75) is 44.6 Å². The fourth-order valence-corrected chi connectivity index (χ4v) is 1.55. The van der Waals surface area contributed by atoms with Gasteiger partial charge in [0, 0.05) is 11.8 Å². The zero-order valence-corrected chi connectivity index (χ0v) is 8.58. The summed E-state index contributed by atoms with van der Waals surface area (Å²) in [6.07, 6.45) is 6.09. The lowest BCUT2D eigenvalue weighted by atomic mass is 10.3. The van der Waals surface area contributed by atoms with Crippen molar-refractivity contribution in [3.05, 3.63) is 0 Å². The average molecular weight is 209 g/mol. The molecule has 2 fully saturated rings. The van der Waals surface area contributed by atoms with E-state index in [1.54, 1.807) is 0 Å². The Morgan fingerprint density at radius 1 is 1.13 bits per heavy atom. The maximum absolute atomic E-state index is 11.2. The van der Waals surface area contributed by atoms with Gasteiger partial charge < -0.3 is 5.32 Å². The van der Waals surface area contributed by atoms with Crippen LogP contribution < -0.4 is 10.7 Å². The molecule has 82 valence electrons. The molecule has 2 saturated carbocycles. The highest BCUT2D eigenvalue weighted by Crippen LogP contribution is 2.18. The highest BCUT2D eigenvalue weighted by atomic mass is 16.2. The van der Waals surface area contributed by atoms with Gasteiger partial charge in [-0.3, -0.25) is 9.59 Å².